The summed E-state index contributed by atoms with van der Waals surface area (Å²) < 4.78 is 32.5. The molecular weight excluding hydrogens is 396 g/mol. The van der Waals surface area contributed by atoms with Crippen LogP contribution in [0, 0.1) is 0 Å². The molecule has 2 N–H and O–H groups in total. The zero-order valence-corrected chi connectivity index (χ0v) is 18.2. The number of rotatable bonds is 8. The number of carbonyl (C=O) groups is 2. The van der Waals surface area contributed by atoms with E-state index in [0.717, 1.165) is 0 Å². The van der Waals surface area contributed by atoms with Crippen molar-refractivity contribution in [3.05, 3.63) is 24.3 Å². The van der Waals surface area contributed by atoms with Crippen LogP contribution in [0.4, 0.5) is 0 Å². The molecule has 1 heterocycles. The van der Waals surface area contributed by atoms with Gasteiger partial charge in [-0.2, -0.15) is 4.72 Å². The molecule has 1 aliphatic rings. The molecule has 0 unspecified atom stereocenters. The molecule has 2 rings (SSSR count). The monoisotopic (exact) mass is 426 g/mol. The van der Waals surface area contributed by atoms with E-state index in [1.165, 1.54) is 26.2 Å². The van der Waals surface area contributed by atoms with Crippen LogP contribution in [0.25, 0.3) is 0 Å². The third kappa shape index (κ3) is 6.69. The molecule has 1 saturated heterocycles. The fraction of sp³-hybridized carbons (Fsp3) is 0.579. The number of nitrogens with zero attached hydrogens (tertiary/aromatic N) is 2. The van der Waals surface area contributed by atoms with Crippen LogP contribution in [0.3, 0.4) is 0 Å². The van der Waals surface area contributed by atoms with Crippen LogP contribution in [0.2, 0.25) is 0 Å². The third-order valence-electron chi connectivity index (χ3n) is 4.57. The molecule has 1 atom stereocenters. The normalized spacial score (nSPS) is 16.5. The van der Waals surface area contributed by atoms with Crippen LogP contribution >= 0.6 is 0 Å². The molecule has 1 aliphatic heterocycles. The van der Waals surface area contributed by atoms with Gasteiger partial charge in [-0.3, -0.25) is 14.5 Å². The van der Waals surface area contributed by atoms with Gasteiger partial charge in [0.1, 0.15) is 5.75 Å². The van der Waals surface area contributed by atoms with Crippen LogP contribution in [0.15, 0.2) is 29.2 Å². The molecule has 2 amide bonds. The summed E-state index contributed by atoms with van der Waals surface area (Å²) >= 11 is 0. The predicted molar refractivity (Wildman–Crippen MR) is 109 cm³/mol. The Kier molecular flexibility index (Phi) is 8.00. The summed E-state index contributed by atoms with van der Waals surface area (Å²) in [6.07, 6.45) is 0. The van der Waals surface area contributed by atoms with Gasteiger partial charge in [-0.1, -0.05) is 0 Å². The molecule has 10 heteroatoms. The topological polar surface area (TPSA) is 108 Å². The van der Waals surface area contributed by atoms with E-state index < -0.39 is 16.1 Å². The lowest BCUT2D eigenvalue weighted by Gasteiger charge is -2.35. The van der Waals surface area contributed by atoms with Gasteiger partial charge >= 0.3 is 0 Å². The minimum absolute atomic E-state index is 0.0413. The molecule has 1 aromatic carbocycles. The highest BCUT2D eigenvalue weighted by atomic mass is 32.2. The van der Waals surface area contributed by atoms with Crippen molar-refractivity contribution >= 4 is 21.8 Å². The van der Waals surface area contributed by atoms with E-state index in [2.05, 4.69) is 10.0 Å². The maximum absolute atomic E-state index is 12.7. The zero-order valence-electron chi connectivity index (χ0n) is 17.3. The molecule has 0 radical (unpaired) electrons. The maximum Gasteiger partial charge on any atom is 0.241 e. The first kappa shape index (κ1) is 23.1. The van der Waals surface area contributed by atoms with Crippen molar-refractivity contribution in [3.63, 3.8) is 0 Å². The second kappa shape index (κ2) is 10.0. The van der Waals surface area contributed by atoms with Gasteiger partial charge in [-0.05, 0) is 45.0 Å². The molecule has 0 spiro atoms. The Morgan fingerprint density at radius 3 is 2.17 bits per heavy atom. The predicted octanol–water partition coefficient (Wildman–Crippen LogP) is 0.0308. The molecule has 9 nitrogen and oxygen atoms in total. The number of hydrogen-bond donors (Lipinski definition) is 2. The Balaban J connectivity index is 1.88. The average Bonchev–Trinajstić information content (AvgIpc) is 2.67. The minimum atomic E-state index is -3.82. The van der Waals surface area contributed by atoms with E-state index in [0.29, 0.717) is 38.5 Å². The molecule has 162 valence electrons. The summed E-state index contributed by atoms with van der Waals surface area (Å²) in [4.78, 5) is 28.2. The fourth-order valence-electron chi connectivity index (χ4n) is 3.08. The fourth-order valence-corrected chi connectivity index (χ4v) is 4.27. The van der Waals surface area contributed by atoms with Gasteiger partial charge in [0.05, 0.1) is 24.6 Å². The summed E-state index contributed by atoms with van der Waals surface area (Å²) in [7, 11) is -2.32. The number of nitrogens with one attached hydrogen (secondary N) is 2. The first-order valence-corrected chi connectivity index (χ1v) is 11.1. The number of ether oxygens (including phenoxy) is 1. The second-order valence-corrected chi connectivity index (χ2v) is 9.06. The van der Waals surface area contributed by atoms with E-state index in [1.807, 2.05) is 18.7 Å². The van der Waals surface area contributed by atoms with Crippen molar-refractivity contribution in [3.8, 4) is 5.75 Å². The van der Waals surface area contributed by atoms with Gasteiger partial charge in [0.25, 0.3) is 0 Å². The number of piperazine rings is 1. The number of methoxy groups -OCH3 is 1. The van der Waals surface area contributed by atoms with E-state index in [9.17, 15) is 18.0 Å². The molecule has 29 heavy (non-hydrogen) atoms. The third-order valence-corrected chi connectivity index (χ3v) is 6.13. The molecule has 0 bridgehead atoms. The number of amides is 2. The lowest BCUT2D eigenvalue weighted by atomic mass is 10.2. The standard InChI is InChI=1S/C19H30N4O5S/c1-14(2)20-18(24)13-22-9-11-23(12-10-22)19(25)15(3)21-29(26,27)17-7-5-16(28-4)6-8-17/h5-8,14-15,21H,9-13H2,1-4H3,(H,20,24)/t15-/m0/s1. The number of hydrogen-bond acceptors (Lipinski definition) is 6. The highest BCUT2D eigenvalue weighted by Gasteiger charge is 2.28. The van der Waals surface area contributed by atoms with Crippen molar-refractivity contribution in [1.82, 2.24) is 19.8 Å². The number of carbonyl (C=O) groups excluding carboxylic acids is 2. The van der Waals surface area contributed by atoms with Gasteiger partial charge in [0, 0.05) is 32.2 Å². The van der Waals surface area contributed by atoms with Gasteiger partial charge in [0.2, 0.25) is 21.8 Å². The Hall–Kier alpha value is -2.17. The highest BCUT2D eigenvalue weighted by molar-refractivity contribution is 7.89. The SMILES string of the molecule is COc1ccc(S(=O)(=O)N[C@@H](C)C(=O)N2CCN(CC(=O)NC(C)C)CC2)cc1. The van der Waals surface area contributed by atoms with Gasteiger partial charge in [-0.25, -0.2) is 8.42 Å². The molecule has 0 aromatic heterocycles. The van der Waals surface area contributed by atoms with Crippen LogP contribution < -0.4 is 14.8 Å². The van der Waals surface area contributed by atoms with E-state index in [1.54, 1.807) is 17.0 Å². The van der Waals surface area contributed by atoms with E-state index in [-0.39, 0.29) is 22.8 Å². The summed E-state index contributed by atoms with van der Waals surface area (Å²) in [5.41, 5.74) is 0. The van der Waals surface area contributed by atoms with E-state index in [4.69, 9.17) is 4.74 Å². The molecular formula is C19H30N4O5S. The number of benzene rings is 1. The Morgan fingerprint density at radius 2 is 1.66 bits per heavy atom. The summed E-state index contributed by atoms with van der Waals surface area (Å²) in [6.45, 7) is 7.66. The lowest BCUT2D eigenvalue weighted by molar-refractivity contribution is -0.134. The van der Waals surface area contributed by atoms with Crippen LogP contribution in [-0.4, -0.2) is 81.9 Å². The Bertz CT molecular complexity index is 802. The van der Waals surface area contributed by atoms with Crippen LogP contribution in [-0.2, 0) is 19.6 Å². The van der Waals surface area contributed by atoms with Crippen molar-refractivity contribution in [1.29, 1.82) is 0 Å². The minimum Gasteiger partial charge on any atom is -0.497 e. The second-order valence-electron chi connectivity index (χ2n) is 7.34. The smallest absolute Gasteiger partial charge is 0.241 e. The van der Waals surface area contributed by atoms with Gasteiger partial charge in [-0.15, -0.1) is 0 Å². The van der Waals surface area contributed by atoms with E-state index >= 15 is 0 Å². The zero-order chi connectivity index (χ0) is 21.6. The maximum atomic E-state index is 12.7. The largest absolute Gasteiger partial charge is 0.497 e. The molecule has 1 aromatic rings. The Morgan fingerprint density at radius 1 is 1.07 bits per heavy atom. The van der Waals surface area contributed by atoms with Crippen LogP contribution in [0.5, 0.6) is 5.75 Å². The van der Waals surface area contributed by atoms with Gasteiger partial charge in [0.15, 0.2) is 0 Å². The first-order valence-electron chi connectivity index (χ1n) is 9.59. The van der Waals surface area contributed by atoms with Crippen molar-refractivity contribution in [2.45, 2.75) is 37.8 Å². The summed E-state index contributed by atoms with van der Waals surface area (Å²) in [6, 6.07) is 5.16. The summed E-state index contributed by atoms with van der Waals surface area (Å²) in [5, 5.41) is 2.85. The van der Waals surface area contributed by atoms with Crippen molar-refractivity contribution in [2.24, 2.45) is 0 Å². The molecule has 1 fully saturated rings. The first-order chi connectivity index (χ1) is 13.6. The summed E-state index contributed by atoms with van der Waals surface area (Å²) in [5.74, 6) is 0.224. The highest BCUT2D eigenvalue weighted by Crippen LogP contribution is 2.16. The quantitative estimate of drug-likeness (QED) is 0.607. The van der Waals surface area contributed by atoms with Crippen molar-refractivity contribution < 1.29 is 22.7 Å². The Labute approximate surface area is 172 Å². The van der Waals surface area contributed by atoms with Crippen LogP contribution in [0.1, 0.15) is 20.8 Å². The lowest BCUT2D eigenvalue weighted by Crippen LogP contribution is -2.55. The molecule has 0 aliphatic carbocycles. The average molecular weight is 427 g/mol. The number of sulfonamides is 1. The van der Waals surface area contributed by atoms with Crippen molar-refractivity contribution in [2.75, 3.05) is 39.8 Å². The molecule has 0 saturated carbocycles. The van der Waals surface area contributed by atoms with Gasteiger partial charge < -0.3 is 15.0 Å².